The predicted octanol–water partition coefficient (Wildman–Crippen LogP) is 2.53. The lowest BCUT2D eigenvalue weighted by Crippen LogP contribution is -2.48. The summed E-state index contributed by atoms with van der Waals surface area (Å²) < 4.78 is 27.0. The van der Waals surface area contributed by atoms with E-state index in [4.69, 9.17) is 0 Å². The normalized spacial score (nSPS) is 27.5. The van der Waals surface area contributed by atoms with Crippen molar-refractivity contribution in [1.82, 2.24) is 4.90 Å². The van der Waals surface area contributed by atoms with Crippen LogP contribution < -0.4 is 0 Å². The van der Waals surface area contributed by atoms with Crippen molar-refractivity contribution >= 4 is 11.9 Å². The first-order valence-corrected chi connectivity index (χ1v) is 7.47. The first kappa shape index (κ1) is 14.9. The Bertz CT molecular complexity index is 619. The number of hydrogen-bond acceptors (Lipinski definition) is 2. The van der Waals surface area contributed by atoms with Gasteiger partial charge in [-0.05, 0) is 55.4 Å². The number of benzene rings is 1. The van der Waals surface area contributed by atoms with Crippen LogP contribution in [0.15, 0.2) is 18.2 Å². The molecule has 118 valence electrons. The summed E-state index contributed by atoms with van der Waals surface area (Å²) >= 11 is 0. The number of likely N-dealkylation sites (tertiary alicyclic amines) is 1. The van der Waals surface area contributed by atoms with Crippen molar-refractivity contribution in [2.24, 2.45) is 5.92 Å². The number of amides is 1. The van der Waals surface area contributed by atoms with Gasteiger partial charge < -0.3 is 10.0 Å². The summed E-state index contributed by atoms with van der Waals surface area (Å²) in [5.74, 6) is -3.08. The van der Waals surface area contributed by atoms with E-state index in [0.717, 1.165) is 31.0 Å². The van der Waals surface area contributed by atoms with Gasteiger partial charge in [-0.15, -0.1) is 0 Å². The molecule has 6 heteroatoms. The molecule has 0 aromatic heterocycles. The molecular formula is C16H17F2NO3. The van der Waals surface area contributed by atoms with Crippen molar-refractivity contribution < 1.29 is 23.5 Å². The lowest BCUT2D eigenvalue weighted by atomic mass is 10.0. The van der Waals surface area contributed by atoms with Crippen LogP contribution in [-0.4, -0.2) is 34.5 Å². The molecule has 4 nitrogen and oxygen atoms in total. The Morgan fingerprint density at radius 2 is 2.00 bits per heavy atom. The number of aliphatic carboxylic acids is 1. The van der Waals surface area contributed by atoms with Crippen LogP contribution in [0.2, 0.25) is 0 Å². The number of piperidine rings is 1. The third kappa shape index (κ3) is 2.69. The quantitative estimate of drug-likeness (QED) is 0.933. The highest BCUT2D eigenvalue weighted by molar-refractivity contribution is 5.87. The maximum atomic E-state index is 13.8. The molecular weight excluding hydrogens is 292 g/mol. The number of carbonyl (C=O) groups is 2. The number of nitrogens with zero attached hydrogens (tertiary/aromatic N) is 1. The third-order valence-electron chi connectivity index (χ3n) is 4.54. The van der Waals surface area contributed by atoms with Crippen LogP contribution in [0.25, 0.3) is 0 Å². The van der Waals surface area contributed by atoms with Crippen molar-refractivity contribution in [1.29, 1.82) is 0 Å². The Morgan fingerprint density at radius 3 is 2.73 bits per heavy atom. The van der Waals surface area contributed by atoms with Gasteiger partial charge >= 0.3 is 5.97 Å². The molecule has 3 unspecified atom stereocenters. The number of halogens is 2. The van der Waals surface area contributed by atoms with Gasteiger partial charge in [-0.2, -0.15) is 0 Å². The highest BCUT2D eigenvalue weighted by Crippen LogP contribution is 2.49. The molecule has 1 saturated carbocycles. The SMILES string of the molecule is O=C(O)C1CCCCN1C(=O)C1CC1c1cc(F)ccc1F. The van der Waals surface area contributed by atoms with Crippen LogP contribution in [-0.2, 0) is 9.59 Å². The van der Waals surface area contributed by atoms with E-state index < -0.39 is 29.6 Å². The zero-order chi connectivity index (χ0) is 15.9. The van der Waals surface area contributed by atoms with Crippen LogP contribution in [0.5, 0.6) is 0 Å². The predicted molar refractivity (Wildman–Crippen MR) is 74.2 cm³/mol. The summed E-state index contributed by atoms with van der Waals surface area (Å²) in [4.78, 5) is 25.2. The van der Waals surface area contributed by atoms with Crippen LogP contribution in [0.4, 0.5) is 8.78 Å². The van der Waals surface area contributed by atoms with E-state index in [1.807, 2.05) is 0 Å². The second kappa shape index (κ2) is 5.66. The average molecular weight is 309 g/mol. The van der Waals surface area contributed by atoms with Crippen LogP contribution in [0, 0.1) is 17.6 Å². The van der Waals surface area contributed by atoms with E-state index in [1.54, 1.807) is 0 Å². The molecule has 1 heterocycles. The molecule has 1 N–H and O–H groups in total. The summed E-state index contributed by atoms with van der Waals surface area (Å²) in [6.45, 7) is 0.421. The molecule has 0 bridgehead atoms. The Balaban J connectivity index is 1.74. The summed E-state index contributed by atoms with van der Waals surface area (Å²) in [6.07, 6.45) is 2.46. The van der Waals surface area contributed by atoms with Gasteiger partial charge in [-0.25, -0.2) is 13.6 Å². The van der Waals surface area contributed by atoms with Gasteiger partial charge in [0.05, 0.1) is 0 Å². The number of carbonyl (C=O) groups excluding carboxylic acids is 1. The molecule has 2 aliphatic rings. The lowest BCUT2D eigenvalue weighted by molar-refractivity contribution is -0.152. The Labute approximate surface area is 126 Å². The molecule has 1 amide bonds. The largest absolute Gasteiger partial charge is 0.480 e. The zero-order valence-corrected chi connectivity index (χ0v) is 12.0. The molecule has 0 radical (unpaired) electrons. The smallest absolute Gasteiger partial charge is 0.326 e. The Kier molecular flexibility index (Phi) is 3.85. The van der Waals surface area contributed by atoms with Crippen LogP contribution >= 0.6 is 0 Å². The minimum atomic E-state index is -0.998. The van der Waals surface area contributed by atoms with Gasteiger partial charge in [0.2, 0.25) is 5.91 Å². The zero-order valence-electron chi connectivity index (χ0n) is 12.0. The number of carboxylic acids is 1. The fourth-order valence-corrected chi connectivity index (χ4v) is 3.28. The van der Waals surface area contributed by atoms with Gasteiger partial charge in [0.25, 0.3) is 0 Å². The maximum absolute atomic E-state index is 13.8. The summed E-state index contributed by atoms with van der Waals surface area (Å²) in [5.41, 5.74) is 0.210. The molecule has 1 aromatic rings. The number of carboxylic acid groups (broad SMARTS) is 1. The van der Waals surface area contributed by atoms with Gasteiger partial charge in [0.15, 0.2) is 0 Å². The van der Waals surface area contributed by atoms with Crippen LogP contribution in [0.3, 0.4) is 0 Å². The minimum Gasteiger partial charge on any atom is -0.480 e. The van der Waals surface area contributed by atoms with Crippen molar-refractivity contribution in [2.45, 2.75) is 37.6 Å². The van der Waals surface area contributed by atoms with Crippen molar-refractivity contribution in [3.8, 4) is 0 Å². The average Bonchev–Trinajstić information content (AvgIpc) is 3.29. The highest BCUT2D eigenvalue weighted by atomic mass is 19.1. The van der Waals surface area contributed by atoms with E-state index in [2.05, 4.69) is 0 Å². The van der Waals surface area contributed by atoms with E-state index in [-0.39, 0.29) is 17.4 Å². The standard InChI is InChI=1S/C16H17F2NO3/c17-9-4-5-13(18)11(7-9)10-8-12(10)15(20)19-6-2-1-3-14(19)16(21)22/h4-5,7,10,12,14H,1-3,6,8H2,(H,21,22). The van der Waals surface area contributed by atoms with Gasteiger partial charge in [-0.3, -0.25) is 4.79 Å². The molecule has 3 rings (SSSR count). The van der Waals surface area contributed by atoms with E-state index in [9.17, 15) is 23.5 Å². The second-order valence-corrected chi connectivity index (χ2v) is 6.00. The monoisotopic (exact) mass is 309 g/mol. The molecule has 3 atom stereocenters. The topological polar surface area (TPSA) is 57.6 Å². The van der Waals surface area contributed by atoms with Gasteiger partial charge in [-0.1, -0.05) is 0 Å². The second-order valence-electron chi connectivity index (χ2n) is 6.00. The lowest BCUT2D eigenvalue weighted by Gasteiger charge is -2.33. The fraction of sp³-hybridized carbons (Fsp3) is 0.500. The highest BCUT2D eigenvalue weighted by Gasteiger charge is 2.49. The number of hydrogen-bond donors (Lipinski definition) is 1. The minimum absolute atomic E-state index is 0.210. The van der Waals surface area contributed by atoms with E-state index >= 15 is 0 Å². The molecule has 1 aromatic carbocycles. The molecule has 0 spiro atoms. The number of rotatable bonds is 3. The third-order valence-corrected chi connectivity index (χ3v) is 4.54. The van der Waals surface area contributed by atoms with Gasteiger partial charge in [0, 0.05) is 12.5 Å². The molecule has 1 aliphatic heterocycles. The molecule has 2 fully saturated rings. The summed E-state index contributed by atoms with van der Waals surface area (Å²) in [6, 6.07) is 2.44. The fourth-order valence-electron chi connectivity index (χ4n) is 3.28. The van der Waals surface area contributed by atoms with E-state index in [1.165, 1.54) is 4.90 Å². The summed E-state index contributed by atoms with van der Waals surface area (Å²) in [7, 11) is 0. The first-order chi connectivity index (χ1) is 10.5. The van der Waals surface area contributed by atoms with Crippen molar-refractivity contribution in [3.05, 3.63) is 35.4 Å². The summed E-state index contributed by atoms with van der Waals surface area (Å²) in [5, 5.41) is 9.22. The van der Waals surface area contributed by atoms with E-state index in [0.29, 0.717) is 19.4 Å². The molecule has 1 aliphatic carbocycles. The van der Waals surface area contributed by atoms with Crippen molar-refractivity contribution in [2.75, 3.05) is 6.54 Å². The van der Waals surface area contributed by atoms with Gasteiger partial charge in [0.1, 0.15) is 17.7 Å². The molecule has 22 heavy (non-hydrogen) atoms. The van der Waals surface area contributed by atoms with Crippen molar-refractivity contribution in [3.63, 3.8) is 0 Å². The first-order valence-electron chi connectivity index (χ1n) is 7.47. The Hall–Kier alpha value is -1.98. The molecule has 1 saturated heterocycles. The Morgan fingerprint density at radius 1 is 1.23 bits per heavy atom. The maximum Gasteiger partial charge on any atom is 0.326 e. The van der Waals surface area contributed by atoms with Crippen LogP contribution in [0.1, 0.15) is 37.2 Å².